The van der Waals surface area contributed by atoms with Gasteiger partial charge < -0.3 is 10.6 Å². The predicted octanol–water partition coefficient (Wildman–Crippen LogP) is 4.04. The lowest BCUT2D eigenvalue weighted by molar-refractivity contribution is 0.521. The molecule has 0 unspecified atom stereocenters. The van der Waals surface area contributed by atoms with Crippen molar-refractivity contribution in [2.24, 2.45) is 0 Å². The zero-order valence-electron chi connectivity index (χ0n) is 15.7. The van der Waals surface area contributed by atoms with Crippen molar-refractivity contribution in [2.45, 2.75) is 31.1 Å². The van der Waals surface area contributed by atoms with Gasteiger partial charge in [-0.05, 0) is 53.5 Å². The highest BCUT2D eigenvalue weighted by Crippen LogP contribution is 2.23. The molecule has 0 amide bonds. The molecule has 0 aliphatic heterocycles. The molecular formula is C19H25N3O2S2. The van der Waals surface area contributed by atoms with E-state index in [9.17, 15) is 8.42 Å². The second-order valence-electron chi connectivity index (χ2n) is 7.22. The van der Waals surface area contributed by atoms with Crippen LogP contribution in [0.5, 0.6) is 0 Å². The van der Waals surface area contributed by atoms with E-state index >= 15 is 0 Å². The zero-order chi connectivity index (χ0) is 19.5. The summed E-state index contributed by atoms with van der Waals surface area (Å²) in [4.78, 5) is 0.213. The van der Waals surface area contributed by atoms with Gasteiger partial charge in [0, 0.05) is 25.5 Å². The Morgan fingerprint density at radius 3 is 2.08 bits per heavy atom. The molecule has 0 heterocycles. The molecule has 26 heavy (non-hydrogen) atoms. The molecule has 0 fully saturated rings. The Balaban J connectivity index is 2.09. The van der Waals surface area contributed by atoms with Crippen molar-refractivity contribution in [3.8, 4) is 0 Å². The summed E-state index contributed by atoms with van der Waals surface area (Å²) in [5.74, 6) is 0. The summed E-state index contributed by atoms with van der Waals surface area (Å²) < 4.78 is 25.6. The minimum atomic E-state index is -3.48. The largest absolute Gasteiger partial charge is 0.332 e. The molecule has 0 saturated heterocycles. The Morgan fingerprint density at radius 2 is 1.54 bits per heavy atom. The topological polar surface area (TPSA) is 61.4 Å². The van der Waals surface area contributed by atoms with Crippen LogP contribution in [0.3, 0.4) is 0 Å². The fourth-order valence-corrected chi connectivity index (χ4v) is 3.48. The Labute approximate surface area is 161 Å². The molecule has 0 aliphatic carbocycles. The second-order valence-corrected chi connectivity index (χ2v) is 9.78. The number of nitrogens with zero attached hydrogens (tertiary/aromatic N) is 1. The maximum Gasteiger partial charge on any atom is 0.242 e. The molecular weight excluding hydrogens is 366 g/mol. The molecule has 7 heteroatoms. The van der Waals surface area contributed by atoms with Crippen molar-refractivity contribution in [1.29, 1.82) is 0 Å². The van der Waals surface area contributed by atoms with Crippen LogP contribution in [0, 0.1) is 0 Å². The van der Waals surface area contributed by atoms with E-state index in [1.54, 1.807) is 24.3 Å². The highest BCUT2D eigenvalue weighted by Gasteiger charge is 2.17. The van der Waals surface area contributed by atoms with E-state index in [1.165, 1.54) is 24.0 Å². The smallest absolute Gasteiger partial charge is 0.242 e. The normalized spacial score (nSPS) is 12.1. The number of hydrogen-bond acceptors (Lipinski definition) is 3. The number of anilines is 2. The summed E-state index contributed by atoms with van der Waals surface area (Å²) in [5.41, 5.74) is 2.81. The first-order valence-electron chi connectivity index (χ1n) is 8.21. The number of benzene rings is 2. The molecule has 2 aromatic rings. The molecule has 5 nitrogen and oxygen atoms in total. The van der Waals surface area contributed by atoms with Gasteiger partial charge in [0.25, 0.3) is 0 Å². The van der Waals surface area contributed by atoms with Crippen molar-refractivity contribution in [3.63, 3.8) is 0 Å². The quantitative estimate of drug-likeness (QED) is 0.770. The van der Waals surface area contributed by atoms with Gasteiger partial charge in [0.1, 0.15) is 0 Å². The van der Waals surface area contributed by atoms with Crippen LogP contribution in [0.4, 0.5) is 11.4 Å². The Bertz CT molecular complexity index is 884. The summed E-state index contributed by atoms with van der Waals surface area (Å²) in [5, 5.41) is 6.53. The number of thiocarbonyl (C=S) groups is 1. The first-order valence-corrected chi connectivity index (χ1v) is 10.1. The third-order valence-electron chi connectivity index (χ3n) is 3.88. The molecule has 0 radical (unpaired) electrons. The van der Waals surface area contributed by atoms with Crippen LogP contribution in [-0.4, -0.2) is 31.9 Å². The van der Waals surface area contributed by atoms with Gasteiger partial charge in [-0.25, -0.2) is 12.7 Å². The first-order chi connectivity index (χ1) is 12.0. The van der Waals surface area contributed by atoms with Crippen molar-refractivity contribution < 1.29 is 8.42 Å². The third kappa shape index (κ3) is 5.03. The minimum Gasteiger partial charge on any atom is -0.332 e. The number of sulfonamides is 1. The molecule has 0 spiro atoms. The van der Waals surface area contributed by atoms with Crippen molar-refractivity contribution in [3.05, 3.63) is 54.1 Å². The average molecular weight is 392 g/mol. The summed E-state index contributed by atoms with van der Waals surface area (Å²) in [6, 6.07) is 14.6. The number of rotatable bonds is 4. The van der Waals surface area contributed by atoms with Gasteiger partial charge in [-0.3, -0.25) is 0 Å². The molecule has 0 atom stereocenters. The van der Waals surface area contributed by atoms with Crippen LogP contribution < -0.4 is 10.6 Å². The highest BCUT2D eigenvalue weighted by molar-refractivity contribution is 7.89. The van der Waals surface area contributed by atoms with Crippen LogP contribution >= 0.6 is 12.2 Å². The van der Waals surface area contributed by atoms with Crippen LogP contribution in [0.2, 0.25) is 0 Å². The Hall–Kier alpha value is -1.96. The average Bonchev–Trinajstić information content (AvgIpc) is 2.54. The van der Waals surface area contributed by atoms with Crippen molar-refractivity contribution in [1.82, 2.24) is 4.31 Å². The molecule has 2 aromatic carbocycles. The van der Waals surface area contributed by atoms with E-state index in [0.717, 1.165) is 5.69 Å². The van der Waals surface area contributed by atoms with E-state index in [2.05, 4.69) is 43.5 Å². The lowest BCUT2D eigenvalue weighted by Gasteiger charge is -2.19. The first kappa shape index (κ1) is 20.4. The third-order valence-corrected chi connectivity index (χ3v) is 5.89. The van der Waals surface area contributed by atoms with E-state index in [4.69, 9.17) is 12.2 Å². The molecule has 140 valence electrons. The van der Waals surface area contributed by atoms with Gasteiger partial charge >= 0.3 is 0 Å². The van der Waals surface area contributed by atoms with Crippen LogP contribution in [0.25, 0.3) is 0 Å². The number of nitrogens with one attached hydrogen (secondary N) is 2. The van der Waals surface area contributed by atoms with Crippen LogP contribution in [0.15, 0.2) is 53.4 Å². The van der Waals surface area contributed by atoms with Crippen molar-refractivity contribution in [2.75, 3.05) is 24.7 Å². The second kappa shape index (κ2) is 7.73. The molecule has 0 aliphatic rings. The zero-order valence-corrected chi connectivity index (χ0v) is 17.3. The van der Waals surface area contributed by atoms with Gasteiger partial charge in [-0.2, -0.15) is 0 Å². The molecule has 0 aromatic heterocycles. The highest BCUT2D eigenvalue weighted by atomic mass is 32.2. The minimum absolute atomic E-state index is 0.0929. The molecule has 0 bridgehead atoms. The SMILES string of the molecule is CN(C)S(=O)(=O)c1cccc(NC(=S)Nc2ccc(C(C)(C)C)cc2)c1. The van der Waals surface area contributed by atoms with Crippen LogP contribution in [-0.2, 0) is 15.4 Å². The van der Waals surface area contributed by atoms with E-state index < -0.39 is 10.0 Å². The van der Waals surface area contributed by atoms with Gasteiger partial charge in [-0.15, -0.1) is 0 Å². The monoisotopic (exact) mass is 391 g/mol. The van der Waals surface area contributed by atoms with E-state index in [-0.39, 0.29) is 10.3 Å². The van der Waals surface area contributed by atoms with E-state index in [0.29, 0.717) is 10.8 Å². The lowest BCUT2D eigenvalue weighted by atomic mass is 9.87. The summed E-state index contributed by atoms with van der Waals surface area (Å²) in [7, 11) is -0.478. The van der Waals surface area contributed by atoms with Crippen LogP contribution in [0.1, 0.15) is 26.3 Å². The number of hydrogen-bond donors (Lipinski definition) is 2. The standard InChI is InChI=1S/C19H25N3O2S2/c1-19(2,3)14-9-11-15(12-10-14)20-18(25)21-16-7-6-8-17(13-16)26(23,24)22(4)5/h6-13H,1-5H3,(H2,20,21,25). The Morgan fingerprint density at radius 1 is 0.962 bits per heavy atom. The van der Waals surface area contributed by atoms with Gasteiger partial charge in [0.05, 0.1) is 4.90 Å². The lowest BCUT2D eigenvalue weighted by Crippen LogP contribution is -2.23. The molecule has 2 N–H and O–H groups in total. The summed E-state index contributed by atoms with van der Waals surface area (Å²) >= 11 is 5.33. The van der Waals surface area contributed by atoms with Gasteiger partial charge in [-0.1, -0.05) is 39.0 Å². The van der Waals surface area contributed by atoms with E-state index in [1.807, 2.05) is 12.1 Å². The Kier molecular flexibility index (Phi) is 6.05. The van der Waals surface area contributed by atoms with Gasteiger partial charge in [0.15, 0.2) is 5.11 Å². The summed E-state index contributed by atoms with van der Waals surface area (Å²) in [6.45, 7) is 6.49. The fraction of sp³-hybridized carbons (Fsp3) is 0.316. The predicted molar refractivity (Wildman–Crippen MR) is 112 cm³/mol. The summed E-state index contributed by atoms with van der Waals surface area (Å²) in [6.07, 6.45) is 0. The molecule has 0 saturated carbocycles. The maximum absolute atomic E-state index is 12.2. The molecule has 2 rings (SSSR count). The maximum atomic E-state index is 12.2. The van der Waals surface area contributed by atoms with Gasteiger partial charge in [0.2, 0.25) is 10.0 Å². The fourth-order valence-electron chi connectivity index (χ4n) is 2.29. The van der Waals surface area contributed by atoms with Crippen molar-refractivity contribution >= 4 is 38.7 Å².